The first kappa shape index (κ1) is 13.9. The molecule has 0 aromatic heterocycles. The Hall–Kier alpha value is -0.0400. The van der Waals surface area contributed by atoms with Crippen molar-refractivity contribution < 1.29 is 0 Å². The summed E-state index contributed by atoms with van der Waals surface area (Å²) in [6.07, 6.45) is 13.3. The van der Waals surface area contributed by atoms with Crippen LogP contribution in [0.15, 0.2) is 0 Å². The molecule has 0 saturated heterocycles. The maximum atomic E-state index is 3.97. The van der Waals surface area contributed by atoms with Gasteiger partial charge in [0.15, 0.2) is 0 Å². The van der Waals surface area contributed by atoms with Gasteiger partial charge in [0.2, 0.25) is 0 Å². The van der Waals surface area contributed by atoms with Crippen LogP contribution >= 0.6 is 0 Å². The summed E-state index contributed by atoms with van der Waals surface area (Å²) in [7, 11) is 0. The lowest BCUT2D eigenvalue weighted by molar-refractivity contribution is 0.109. The van der Waals surface area contributed by atoms with Gasteiger partial charge in [-0.15, -0.1) is 0 Å². The lowest BCUT2D eigenvalue weighted by Crippen LogP contribution is -2.50. The van der Waals surface area contributed by atoms with Crippen molar-refractivity contribution in [2.24, 2.45) is 22.7 Å². The number of hydrogen-bond donors (Lipinski definition) is 1. The van der Waals surface area contributed by atoms with Gasteiger partial charge in [-0.1, -0.05) is 46.5 Å². The molecular formula is C18H33N. The second-order valence-electron chi connectivity index (χ2n) is 8.59. The van der Waals surface area contributed by atoms with Crippen LogP contribution in [0.5, 0.6) is 0 Å². The van der Waals surface area contributed by atoms with Crippen LogP contribution in [0.1, 0.15) is 78.6 Å². The first-order valence-electron chi connectivity index (χ1n) is 8.76. The molecular weight excluding hydrogens is 230 g/mol. The Morgan fingerprint density at radius 1 is 1.05 bits per heavy atom. The zero-order valence-corrected chi connectivity index (χ0v) is 13.3. The van der Waals surface area contributed by atoms with E-state index in [2.05, 4.69) is 26.1 Å². The van der Waals surface area contributed by atoms with Crippen LogP contribution in [0, 0.1) is 22.7 Å². The standard InChI is InChI=1S/C18H33N/c1-17(2)15-10-11-18(3,13-15)16(17)19-12-6-9-14-7-4-5-8-14/h14-16,19H,4-13H2,1-3H3/t15-,16?,18+/m0/s1. The smallest absolute Gasteiger partial charge is 0.0175 e. The molecule has 1 nitrogen and oxygen atoms in total. The molecule has 1 unspecified atom stereocenters. The fourth-order valence-electron chi connectivity index (χ4n) is 5.75. The van der Waals surface area contributed by atoms with Crippen molar-refractivity contribution in [1.29, 1.82) is 0 Å². The zero-order chi connectivity index (χ0) is 13.5. The minimum Gasteiger partial charge on any atom is -0.313 e. The molecule has 1 heteroatoms. The molecule has 3 saturated carbocycles. The van der Waals surface area contributed by atoms with E-state index in [1.165, 1.54) is 64.3 Å². The van der Waals surface area contributed by atoms with Crippen LogP contribution in [0.25, 0.3) is 0 Å². The van der Waals surface area contributed by atoms with Crippen LogP contribution in [-0.4, -0.2) is 12.6 Å². The molecule has 0 aromatic rings. The van der Waals surface area contributed by atoms with Gasteiger partial charge in [0.25, 0.3) is 0 Å². The highest BCUT2D eigenvalue weighted by atomic mass is 15.0. The summed E-state index contributed by atoms with van der Waals surface area (Å²) in [5, 5.41) is 3.97. The SMILES string of the molecule is CC1(C)C(NCCCC2CCCC2)[C@]2(C)CC[C@H]1C2. The van der Waals surface area contributed by atoms with Crippen LogP contribution in [0.4, 0.5) is 0 Å². The monoisotopic (exact) mass is 263 g/mol. The van der Waals surface area contributed by atoms with Crippen molar-refractivity contribution in [3.8, 4) is 0 Å². The molecule has 0 aromatic carbocycles. The molecule has 0 radical (unpaired) electrons. The number of fused-ring (bicyclic) bond motifs is 2. The van der Waals surface area contributed by atoms with Crippen LogP contribution in [0.2, 0.25) is 0 Å². The first-order chi connectivity index (χ1) is 9.02. The van der Waals surface area contributed by atoms with Gasteiger partial charge in [-0.25, -0.2) is 0 Å². The maximum absolute atomic E-state index is 3.97. The lowest BCUT2D eigenvalue weighted by atomic mass is 9.68. The van der Waals surface area contributed by atoms with Gasteiger partial charge in [0.05, 0.1) is 0 Å². The van der Waals surface area contributed by atoms with Crippen molar-refractivity contribution in [3.63, 3.8) is 0 Å². The van der Waals surface area contributed by atoms with E-state index >= 15 is 0 Å². The molecule has 3 atom stereocenters. The van der Waals surface area contributed by atoms with Crippen molar-refractivity contribution in [3.05, 3.63) is 0 Å². The van der Waals surface area contributed by atoms with Gasteiger partial charge in [0, 0.05) is 6.04 Å². The topological polar surface area (TPSA) is 12.0 Å². The van der Waals surface area contributed by atoms with Gasteiger partial charge < -0.3 is 5.32 Å². The highest BCUT2D eigenvalue weighted by Gasteiger charge is 2.58. The largest absolute Gasteiger partial charge is 0.313 e. The third kappa shape index (κ3) is 2.48. The van der Waals surface area contributed by atoms with Gasteiger partial charge in [-0.3, -0.25) is 0 Å². The number of hydrogen-bond acceptors (Lipinski definition) is 1. The van der Waals surface area contributed by atoms with Crippen molar-refractivity contribution in [1.82, 2.24) is 5.32 Å². The highest BCUT2D eigenvalue weighted by Crippen LogP contribution is 2.62. The van der Waals surface area contributed by atoms with E-state index in [0.717, 1.165) is 17.9 Å². The molecule has 3 aliphatic carbocycles. The zero-order valence-electron chi connectivity index (χ0n) is 13.3. The minimum absolute atomic E-state index is 0.528. The van der Waals surface area contributed by atoms with Gasteiger partial charge in [-0.05, 0) is 61.3 Å². The fourth-order valence-corrected chi connectivity index (χ4v) is 5.75. The number of rotatable bonds is 5. The van der Waals surface area contributed by atoms with E-state index in [-0.39, 0.29) is 0 Å². The Bertz CT molecular complexity index is 311. The predicted octanol–water partition coefficient (Wildman–Crippen LogP) is 4.76. The van der Waals surface area contributed by atoms with Crippen molar-refractivity contribution in [2.45, 2.75) is 84.6 Å². The normalized spacial score (nSPS) is 41.2. The molecule has 1 N–H and O–H groups in total. The third-order valence-electron chi connectivity index (χ3n) is 6.88. The molecule has 2 bridgehead atoms. The van der Waals surface area contributed by atoms with E-state index < -0.39 is 0 Å². The molecule has 19 heavy (non-hydrogen) atoms. The first-order valence-corrected chi connectivity index (χ1v) is 8.76. The minimum atomic E-state index is 0.528. The second-order valence-corrected chi connectivity index (χ2v) is 8.59. The molecule has 0 spiro atoms. The Morgan fingerprint density at radius 2 is 1.79 bits per heavy atom. The van der Waals surface area contributed by atoms with E-state index in [1.54, 1.807) is 0 Å². The van der Waals surface area contributed by atoms with Gasteiger partial charge >= 0.3 is 0 Å². The number of nitrogens with one attached hydrogen (secondary N) is 1. The quantitative estimate of drug-likeness (QED) is 0.705. The van der Waals surface area contributed by atoms with Crippen molar-refractivity contribution in [2.75, 3.05) is 6.54 Å². The molecule has 0 amide bonds. The lowest BCUT2D eigenvalue weighted by Gasteiger charge is -2.43. The third-order valence-corrected chi connectivity index (χ3v) is 6.88. The molecule has 3 rings (SSSR count). The van der Waals surface area contributed by atoms with E-state index in [1.807, 2.05) is 0 Å². The van der Waals surface area contributed by atoms with Crippen LogP contribution < -0.4 is 5.32 Å². The Kier molecular flexibility index (Phi) is 3.71. The average Bonchev–Trinajstić information content (AvgIpc) is 3.01. The summed E-state index contributed by atoms with van der Waals surface area (Å²) < 4.78 is 0. The van der Waals surface area contributed by atoms with Crippen LogP contribution in [0.3, 0.4) is 0 Å². The maximum Gasteiger partial charge on any atom is 0.0175 e. The predicted molar refractivity (Wildman–Crippen MR) is 82.2 cm³/mol. The van der Waals surface area contributed by atoms with E-state index in [4.69, 9.17) is 0 Å². The average molecular weight is 263 g/mol. The summed E-state index contributed by atoms with van der Waals surface area (Å²) in [5.41, 5.74) is 1.13. The molecule has 3 aliphatic rings. The summed E-state index contributed by atoms with van der Waals surface area (Å²) in [4.78, 5) is 0. The Labute approximate surface area is 119 Å². The van der Waals surface area contributed by atoms with Gasteiger partial charge in [-0.2, -0.15) is 0 Å². The second kappa shape index (κ2) is 5.06. The van der Waals surface area contributed by atoms with E-state index in [0.29, 0.717) is 10.8 Å². The highest BCUT2D eigenvalue weighted by molar-refractivity contribution is 5.11. The summed E-state index contributed by atoms with van der Waals surface area (Å²) in [6, 6.07) is 0.766. The van der Waals surface area contributed by atoms with E-state index in [9.17, 15) is 0 Å². The molecule has 0 aliphatic heterocycles. The summed E-state index contributed by atoms with van der Waals surface area (Å²) in [5.74, 6) is 2.04. The van der Waals surface area contributed by atoms with Crippen molar-refractivity contribution >= 4 is 0 Å². The fraction of sp³-hybridized carbons (Fsp3) is 1.00. The van der Waals surface area contributed by atoms with Gasteiger partial charge in [0.1, 0.15) is 0 Å². The molecule has 110 valence electrons. The summed E-state index contributed by atoms with van der Waals surface area (Å²) >= 11 is 0. The Balaban J connectivity index is 1.46. The Morgan fingerprint density at radius 3 is 2.42 bits per heavy atom. The molecule has 0 heterocycles. The van der Waals surface area contributed by atoms with Crippen LogP contribution in [-0.2, 0) is 0 Å². The summed E-state index contributed by atoms with van der Waals surface area (Å²) in [6.45, 7) is 8.82. The molecule has 3 fully saturated rings.